The molecule has 2 aliphatic rings. The molecule has 38 heavy (non-hydrogen) atoms. The van der Waals surface area contributed by atoms with Gasteiger partial charge in [0, 0.05) is 56.1 Å². The molecule has 1 spiro atoms. The molecule has 0 radical (unpaired) electrons. The monoisotopic (exact) mass is 553 g/mol. The van der Waals surface area contributed by atoms with Crippen LogP contribution in [0, 0.1) is 0 Å². The first-order chi connectivity index (χ1) is 17.6. The Bertz CT molecular complexity index is 1030. The number of alkyl halides is 6. The SMILES string of the molecule is O=C(O)C(F)(F)F.O=C(O)C(F)(F)F.O=C1CCC2(CCN(Cc3ccoc3)CC2)N1Cc1ccncc1. The van der Waals surface area contributed by atoms with Crippen molar-refractivity contribution in [1.29, 1.82) is 0 Å². The second kappa shape index (κ2) is 12.8. The predicted octanol–water partition coefficient (Wildman–Crippen LogP) is 4.10. The van der Waals surface area contributed by atoms with Crippen LogP contribution in [-0.4, -0.2) is 73.8 Å². The number of aromatic nitrogens is 1. The Morgan fingerprint density at radius 2 is 1.42 bits per heavy atom. The number of likely N-dealkylation sites (tertiary alicyclic amines) is 2. The average molecular weight is 553 g/mol. The number of carbonyl (C=O) groups is 3. The smallest absolute Gasteiger partial charge is 0.475 e. The highest BCUT2D eigenvalue weighted by atomic mass is 19.4. The maximum Gasteiger partial charge on any atom is 0.490 e. The van der Waals surface area contributed by atoms with E-state index >= 15 is 0 Å². The van der Waals surface area contributed by atoms with E-state index in [1.54, 1.807) is 18.7 Å². The fourth-order valence-electron chi connectivity index (χ4n) is 4.09. The van der Waals surface area contributed by atoms with E-state index in [9.17, 15) is 31.1 Å². The van der Waals surface area contributed by atoms with Crippen LogP contribution in [-0.2, 0) is 27.5 Å². The standard InChI is InChI=1S/C19H23N3O2.2C2HF3O2/c23-18-1-5-19(22(18)14-16-2-8-20-9-3-16)6-10-21(11-7-19)13-17-4-12-24-15-17;2*3-2(4,5)1(6)7/h2-4,8-9,12,15H,1,5-7,10-11,13-14H2;2*(H,6,7). The zero-order valence-corrected chi connectivity index (χ0v) is 19.8. The number of pyridine rings is 1. The van der Waals surface area contributed by atoms with E-state index in [2.05, 4.69) is 14.8 Å². The molecule has 4 rings (SSSR count). The molecule has 2 aliphatic heterocycles. The maximum absolute atomic E-state index is 12.5. The summed E-state index contributed by atoms with van der Waals surface area (Å²) in [6.45, 7) is 3.71. The number of hydrogen-bond acceptors (Lipinski definition) is 6. The number of aliphatic carboxylic acids is 2. The topological polar surface area (TPSA) is 124 Å². The molecule has 0 unspecified atom stereocenters. The van der Waals surface area contributed by atoms with Crippen molar-refractivity contribution in [2.24, 2.45) is 0 Å². The van der Waals surface area contributed by atoms with Gasteiger partial charge in [0.15, 0.2) is 0 Å². The molecular weight excluding hydrogens is 528 g/mol. The Balaban J connectivity index is 0.000000301. The lowest BCUT2D eigenvalue weighted by molar-refractivity contribution is -0.193. The zero-order valence-electron chi connectivity index (χ0n) is 19.8. The third kappa shape index (κ3) is 9.04. The summed E-state index contributed by atoms with van der Waals surface area (Å²) in [7, 11) is 0. The third-order valence-corrected chi connectivity index (χ3v) is 6.03. The molecule has 4 heterocycles. The van der Waals surface area contributed by atoms with Crippen molar-refractivity contribution < 1.29 is 55.4 Å². The van der Waals surface area contributed by atoms with Gasteiger partial charge in [0.05, 0.1) is 12.5 Å². The van der Waals surface area contributed by atoms with Crippen LogP contribution in [0.25, 0.3) is 0 Å². The molecule has 1 amide bonds. The lowest BCUT2D eigenvalue weighted by Crippen LogP contribution is -2.52. The molecule has 0 aliphatic carbocycles. The summed E-state index contributed by atoms with van der Waals surface area (Å²) in [6.07, 6.45) is 0.783. The minimum Gasteiger partial charge on any atom is -0.475 e. The Morgan fingerprint density at radius 1 is 0.895 bits per heavy atom. The molecular formula is C23H25F6N3O6. The Hall–Kier alpha value is -3.62. The summed E-state index contributed by atoms with van der Waals surface area (Å²) in [4.78, 5) is 38.9. The first kappa shape index (κ1) is 30.6. The van der Waals surface area contributed by atoms with Gasteiger partial charge in [-0.1, -0.05) is 0 Å². The fraction of sp³-hybridized carbons (Fsp3) is 0.478. The minimum absolute atomic E-state index is 0.0489. The Kier molecular flexibility index (Phi) is 10.3. The second-order valence-electron chi connectivity index (χ2n) is 8.57. The van der Waals surface area contributed by atoms with E-state index in [1.165, 1.54) is 11.1 Å². The quantitative estimate of drug-likeness (QED) is 0.543. The van der Waals surface area contributed by atoms with Crippen LogP contribution in [0.3, 0.4) is 0 Å². The maximum atomic E-state index is 12.5. The van der Waals surface area contributed by atoms with Crippen molar-refractivity contribution in [3.63, 3.8) is 0 Å². The van der Waals surface area contributed by atoms with Crippen LogP contribution in [0.4, 0.5) is 26.3 Å². The molecule has 0 aromatic carbocycles. The van der Waals surface area contributed by atoms with Crippen molar-refractivity contribution >= 4 is 17.8 Å². The Labute approximate surface area is 212 Å². The molecule has 2 N–H and O–H groups in total. The molecule has 0 saturated carbocycles. The van der Waals surface area contributed by atoms with E-state index in [4.69, 9.17) is 24.2 Å². The lowest BCUT2D eigenvalue weighted by atomic mass is 9.84. The first-order valence-electron chi connectivity index (χ1n) is 11.2. The van der Waals surface area contributed by atoms with Gasteiger partial charge in [0.2, 0.25) is 5.91 Å². The van der Waals surface area contributed by atoms with E-state index in [0.29, 0.717) is 18.9 Å². The Morgan fingerprint density at radius 3 is 1.87 bits per heavy atom. The summed E-state index contributed by atoms with van der Waals surface area (Å²) >= 11 is 0. The van der Waals surface area contributed by atoms with Crippen LogP contribution in [0.15, 0.2) is 47.5 Å². The van der Waals surface area contributed by atoms with Gasteiger partial charge in [-0.3, -0.25) is 14.7 Å². The molecule has 2 fully saturated rings. The summed E-state index contributed by atoms with van der Waals surface area (Å²) in [6, 6.07) is 6.04. The van der Waals surface area contributed by atoms with Gasteiger partial charge in [-0.2, -0.15) is 26.3 Å². The summed E-state index contributed by atoms with van der Waals surface area (Å²) in [5, 5.41) is 14.2. The average Bonchev–Trinajstić information content (AvgIpc) is 3.45. The molecule has 2 aromatic rings. The number of piperidine rings is 1. The van der Waals surface area contributed by atoms with Crippen LogP contribution in [0.1, 0.15) is 36.8 Å². The highest BCUT2D eigenvalue weighted by Gasteiger charge is 2.46. The molecule has 210 valence electrons. The lowest BCUT2D eigenvalue weighted by Gasteiger charge is -2.45. The number of hydrogen-bond donors (Lipinski definition) is 2. The van der Waals surface area contributed by atoms with Gasteiger partial charge in [0.1, 0.15) is 0 Å². The van der Waals surface area contributed by atoms with Crippen molar-refractivity contribution in [2.45, 2.75) is 56.7 Å². The van der Waals surface area contributed by atoms with E-state index < -0.39 is 24.3 Å². The molecule has 2 saturated heterocycles. The summed E-state index contributed by atoms with van der Waals surface area (Å²) in [5.74, 6) is -5.21. The van der Waals surface area contributed by atoms with Crippen LogP contribution in [0.5, 0.6) is 0 Å². The number of halogens is 6. The minimum atomic E-state index is -5.08. The van der Waals surface area contributed by atoms with Crippen LogP contribution < -0.4 is 0 Å². The highest BCUT2D eigenvalue weighted by Crippen LogP contribution is 2.40. The largest absolute Gasteiger partial charge is 0.490 e. The van der Waals surface area contributed by atoms with Crippen molar-refractivity contribution in [3.05, 3.63) is 54.2 Å². The molecule has 9 nitrogen and oxygen atoms in total. The number of carboxylic acids is 2. The number of amides is 1. The van der Waals surface area contributed by atoms with Gasteiger partial charge in [-0.15, -0.1) is 0 Å². The van der Waals surface area contributed by atoms with Crippen molar-refractivity contribution in [1.82, 2.24) is 14.8 Å². The van der Waals surface area contributed by atoms with Gasteiger partial charge in [-0.05, 0) is 43.0 Å². The van der Waals surface area contributed by atoms with Crippen molar-refractivity contribution in [3.8, 4) is 0 Å². The predicted molar refractivity (Wildman–Crippen MR) is 117 cm³/mol. The fourth-order valence-corrected chi connectivity index (χ4v) is 4.09. The number of rotatable bonds is 4. The summed E-state index contributed by atoms with van der Waals surface area (Å²) in [5.41, 5.74) is 2.44. The molecule has 0 atom stereocenters. The van der Waals surface area contributed by atoms with Gasteiger partial charge in [-0.25, -0.2) is 9.59 Å². The third-order valence-electron chi connectivity index (χ3n) is 6.03. The number of furan rings is 1. The van der Waals surface area contributed by atoms with Gasteiger partial charge >= 0.3 is 24.3 Å². The van der Waals surface area contributed by atoms with E-state index in [-0.39, 0.29) is 5.54 Å². The van der Waals surface area contributed by atoms with Gasteiger partial charge in [0.25, 0.3) is 0 Å². The second-order valence-corrected chi connectivity index (χ2v) is 8.57. The van der Waals surface area contributed by atoms with E-state index in [0.717, 1.165) is 38.9 Å². The number of carbonyl (C=O) groups excluding carboxylic acids is 1. The van der Waals surface area contributed by atoms with Crippen LogP contribution in [0.2, 0.25) is 0 Å². The zero-order chi connectivity index (χ0) is 28.6. The number of carboxylic acid groups (broad SMARTS) is 2. The van der Waals surface area contributed by atoms with Gasteiger partial charge < -0.3 is 19.5 Å². The van der Waals surface area contributed by atoms with Crippen molar-refractivity contribution in [2.75, 3.05) is 13.1 Å². The molecule has 15 heteroatoms. The molecule has 0 bridgehead atoms. The first-order valence-corrected chi connectivity index (χ1v) is 11.2. The normalized spacial score (nSPS) is 17.3. The van der Waals surface area contributed by atoms with E-state index in [1.807, 2.05) is 24.5 Å². The van der Waals surface area contributed by atoms with Crippen LogP contribution >= 0.6 is 0 Å². The summed E-state index contributed by atoms with van der Waals surface area (Å²) < 4.78 is 68.6. The number of nitrogens with zero attached hydrogens (tertiary/aromatic N) is 3. The highest BCUT2D eigenvalue weighted by molar-refractivity contribution is 5.79. The molecule has 2 aromatic heterocycles.